The average molecular weight is 470 g/mol. The second-order valence-corrected chi connectivity index (χ2v) is 9.13. The van der Waals surface area contributed by atoms with Crippen molar-refractivity contribution in [2.45, 2.75) is 41.5 Å². The van der Waals surface area contributed by atoms with Crippen LogP contribution in [0.3, 0.4) is 0 Å². The molecule has 5 heteroatoms. The van der Waals surface area contributed by atoms with Crippen molar-refractivity contribution in [2.75, 3.05) is 4.90 Å². The minimum Gasteiger partial charge on any atom is -0.508 e. The third kappa shape index (κ3) is 4.50. The molecule has 0 fully saturated rings. The van der Waals surface area contributed by atoms with Crippen LogP contribution in [0.15, 0.2) is 60.7 Å². The van der Waals surface area contributed by atoms with Crippen molar-refractivity contribution < 1.29 is 20.1 Å². The van der Waals surface area contributed by atoms with E-state index < -0.39 is 0 Å². The summed E-state index contributed by atoms with van der Waals surface area (Å²) in [6.45, 7) is 11.3. The number of aromatic hydroxyl groups is 3. The van der Waals surface area contributed by atoms with Crippen molar-refractivity contribution in [1.29, 1.82) is 0 Å². The summed E-state index contributed by atoms with van der Waals surface area (Å²) >= 11 is 0. The maximum absolute atomic E-state index is 11.1. The lowest BCUT2D eigenvalue weighted by molar-refractivity contribution is 0.458. The molecule has 4 aromatic rings. The highest BCUT2D eigenvalue weighted by Crippen LogP contribution is 2.48. The summed E-state index contributed by atoms with van der Waals surface area (Å²) < 4.78 is 6.10. The topological polar surface area (TPSA) is 73.2 Å². The molecule has 0 saturated carbocycles. The van der Waals surface area contributed by atoms with Gasteiger partial charge in [-0.3, -0.25) is 0 Å². The zero-order valence-electron chi connectivity index (χ0n) is 21.0. The largest absolute Gasteiger partial charge is 0.508 e. The first-order valence-electron chi connectivity index (χ1n) is 11.5. The molecule has 0 unspecified atom stereocenters. The molecule has 0 spiro atoms. The van der Waals surface area contributed by atoms with Gasteiger partial charge in [-0.05, 0) is 111 Å². The van der Waals surface area contributed by atoms with E-state index in [1.54, 1.807) is 6.07 Å². The molecule has 0 radical (unpaired) electrons. The highest BCUT2D eigenvalue weighted by Gasteiger charge is 2.24. The fraction of sp³-hybridized carbons (Fsp3) is 0.200. The monoisotopic (exact) mass is 469 g/mol. The zero-order chi connectivity index (χ0) is 25.4. The molecule has 4 rings (SSSR count). The molecule has 35 heavy (non-hydrogen) atoms. The molecule has 0 aromatic heterocycles. The van der Waals surface area contributed by atoms with Gasteiger partial charge < -0.3 is 25.0 Å². The van der Waals surface area contributed by atoms with Crippen molar-refractivity contribution in [1.82, 2.24) is 0 Å². The number of aryl methyl sites for hydroxylation is 6. The van der Waals surface area contributed by atoms with Crippen LogP contribution in [0.25, 0.3) is 0 Å². The van der Waals surface area contributed by atoms with E-state index >= 15 is 0 Å². The van der Waals surface area contributed by atoms with Crippen LogP contribution >= 0.6 is 0 Å². The summed E-state index contributed by atoms with van der Waals surface area (Å²) in [5.74, 6) is 1.88. The van der Waals surface area contributed by atoms with Gasteiger partial charge in [-0.15, -0.1) is 0 Å². The number of anilines is 3. The molecule has 0 heterocycles. The zero-order valence-corrected chi connectivity index (χ0v) is 21.0. The Labute approximate surface area is 206 Å². The number of hydrogen-bond donors (Lipinski definition) is 3. The maximum atomic E-state index is 11.1. The number of nitrogens with zero attached hydrogens (tertiary/aromatic N) is 1. The Kier molecular flexibility index (Phi) is 6.35. The van der Waals surface area contributed by atoms with Crippen LogP contribution in [-0.2, 0) is 0 Å². The first kappa shape index (κ1) is 24.0. The molecule has 3 N–H and O–H groups in total. The van der Waals surface area contributed by atoms with Crippen molar-refractivity contribution >= 4 is 17.1 Å². The molecule has 0 amide bonds. The number of rotatable bonds is 5. The minimum absolute atomic E-state index is 0.167. The van der Waals surface area contributed by atoms with Gasteiger partial charge >= 0.3 is 0 Å². The normalized spacial score (nSPS) is 10.9. The van der Waals surface area contributed by atoms with Gasteiger partial charge in [0.1, 0.15) is 28.7 Å². The molecular weight excluding hydrogens is 438 g/mol. The number of hydrogen-bond acceptors (Lipinski definition) is 5. The van der Waals surface area contributed by atoms with E-state index in [0.29, 0.717) is 22.9 Å². The fourth-order valence-corrected chi connectivity index (χ4v) is 4.17. The van der Waals surface area contributed by atoms with Gasteiger partial charge in [0.25, 0.3) is 0 Å². The molecule has 180 valence electrons. The summed E-state index contributed by atoms with van der Waals surface area (Å²) in [6, 6.07) is 18.7. The van der Waals surface area contributed by atoms with Gasteiger partial charge in [-0.2, -0.15) is 0 Å². The number of phenols is 3. The Morgan fingerprint density at radius 3 is 1.54 bits per heavy atom. The van der Waals surface area contributed by atoms with Gasteiger partial charge in [0.15, 0.2) is 0 Å². The maximum Gasteiger partial charge on any atom is 0.142 e. The molecule has 0 aliphatic carbocycles. The van der Waals surface area contributed by atoms with E-state index in [2.05, 4.69) is 0 Å². The Morgan fingerprint density at radius 1 is 0.543 bits per heavy atom. The predicted octanol–water partition coefficient (Wildman–Crippen LogP) is 7.92. The first-order chi connectivity index (χ1) is 16.6. The van der Waals surface area contributed by atoms with Crippen molar-refractivity contribution in [3.05, 3.63) is 94.0 Å². The third-order valence-corrected chi connectivity index (χ3v) is 6.37. The van der Waals surface area contributed by atoms with Gasteiger partial charge in [0, 0.05) is 5.69 Å². The lowest BCUT2D eigenvalue weighted by Crippen LogP contribution is -2.14. The third-order valence-electron chi connectivity index (χ3n) is 6.37. The van der Waals surface area contributed by atoms with E-state index in [0.717, 1.165) is 39.1 Å². The van der Waals surface area contributed by atoms with Crippen LogP contribution in [-0.4, -0.2) is 15.3 Å². The van der Waals surface area contributed by atoms with E-state index in [4.69, 9.17) is 4.74 Å². The van der Waals surface area contributed by atoms with E-state index in [1.807, 2.05) is 101 Å². The van der Waals surface area contributed by atoms with E-state index in [9.17, 15) is 15.3 Å². The average Bonchev–Trinajstić information content (AvgIpc) is 2.82. The molecule has 5 nitrogen and oxygen atoms in total. The standard InChI is InChI=1S/C30H31NO4/c1-17-7-9-19(3)29(33)27(17)31(28-18(2)8-10-20(4)30(28)34)23-11-13-24(14-12-23)35-26-16-21(5)25(32)15-22(26)6/h7-16,32-34H,1-6H3. The summed E-state index contributed by atoms with van der Waals surface area (Å²) in [7, 11) is 0. The van der Waals surface area contributed by atoms with Gasteiger partial charge in [-0.25, -0.2) is 0 Å². The molecule has 0 aliphatic rings. The van der Waals surface area contributed by atoms with Crippen LogP contribution in [0.4, 0.5) is 17.1 Å². The smallest absolute Gasteiger partial charge is 0.142 e. The predicted molar refractivity (Wildman–Crippen MR) is 141 cm³/mol. The van der Waals surface area contributed by atoms with Crippen LogP contribution in [0.1, 0.15) is 33.4 Å². The van der Waals surface area contributed by atoms with Gasteiger partial charge in [0.05, 0.1) is 11.4 Å². The summed E-state index contributed by atoms with van der Waals surface area (Å²) in [4.78, 5) is 1.90. The van der Waals surface area contributed by atoms with Crippen molar-refractivity contribution in [2.24, 2.45) is 0 Å². The summed E-state index contributed by atoms with van der Waals surface area (Å²) in [6.07, 6.45) is 0. The van der Waals surface area contributed by atoms with E-state index in [-0.39, 0.29) is 17.2 Å². The van der Waals surface area contributed by atoms with Crippen molar-refractivity contribution in [3.8, 4) is 28.7 Å². The Morgan fingerprint density at radius 2 is 1.03 bits per heavy atom. The first-order valence-corrected chi connectivity index (χ1v) is 11.5. The molecule has 4 aromatic carbocycles. The Bertz CT molecular complexity index is 1350. The number of ether oxygens (including phenoxy) is 1. The Hall–Kier alpha value is -4.12. The second-order valence-electron chi connectivity index (χ2n) is 9.13. The highest BCUT2D eigenvalue weighted by atomic mass is 16.5. The number of benzene rings is 4. The molecule has 0 atom stereocenters. The van der Waals surface area contributed by atoms with Crippen LogP contribution in [0.5, 0.6) is 28.7 Å². The molecule has 0 bridgehead atoms. The van der Waals surface area contributed by atoms with E-state index in [1.165, 1.54) is 0 Å². The van der Waals surface area contributed by atoms with Crippen LogP contribution in [0, 0.1) is 41.5 Å². The molecular formula is C30H31NO4. The lowest BCUT2D eigenvalue weighted by atomic mass is 10.0. The summed E-state index contributed by atoms with van der Waals surface area (Å²) in [5, 5.41) is 32.1. The number of phenolic OH excluding ortho intramolecular Hbond substituents is 3. The molecule has 0 aliphatic heterocycles. The van der Waals surface area contributed by atoms with Gasteiger partial charge in [-0.1, -0.05) is 24.3 Å². The van der Waals surface area contributed by atoms with Crippen LogP contribution in [0.2, 0.25) is 0 Å². The minimum atomic E-state index is 0.167. The summed E-state index contributed by atoms with van der Waals surface area (Å²) in [5.41, 5.74) is 6.83. The second kappa shape index (κ2) is 9.26. The Balaban J connectivity index is 1.84. The van der Waals surface area contributed by atoms with Gasteiger partial charge in [0.2, 0.25) is 0 Å². The van der Waals surface area contributed by atoms with Crippen LogP contribution < -0.4 is 9.64 Å². The van der Waals surface area contributed by atoms with Crippen molar-refractivity contribution in [3.63, 3.8) is 0 Å². The highest BCUT2D eigenvalue weighted by molar-refractivity contribution is 5.87. The molecule has 0 saturated heterocycles. The fourth-order valence-electron chi connectivity index (χ4n) is 4.17. The lowest BCUT2D eigenvalue weighted by Gasteiger charge is -2.30. The SMILES string of the molecule is Cc1cc(Oc2ccc(N(c3c(C)ccc(C)c3O)c3c(C)ccc(C)c3O)cc2)c(C)cc1O. The quantitative estimate of drug-likeness (QED) is 0.277.